The average Bonchev–Trinajstić information content (AvgIpc) is 3.44. The maximum absolute atomic E-state index is 13.0. The largest absolute Gasteiger partial charge is 0.423 e. The number of benzene rings is 2. The highest BCUT2D eigenvalue weighted by Gasteiger charge is 2.24. The van der Waals surface area contributed by atoms with Crippen molar-refractivity contribution in [1.29, 1.82) is 0 Å². The molecule has 4 aromatic rings. The number of hydrogen-bond acceptors (Lipinski definition) is 4. The van der Waals surface area contributed by atoms with Crippen molar-refractivity contribution in [3.05, 3.63) is 81.3 Å². The summed E-state index contributed by atoms with van der Waals surface area (Å²) in [4.78, 5) is 32.6. The van der Waals surface area contributed by atoms with Crippen molar-refractivity contribution in [2.24, 2.45) is 0 Å². The van der Waals surface area contributed by atoms with Crippen molar-refractivity contribution in [3.8, 4) is 0 Å². The van der Waals surface area contributed by atoms with Crippen LogP contribution in [0.25, 0.3) is 21.9 Å². The average molecular weight is 428 g/mol. The minimum absolute atomic E-state index is 0.0437. The summed E-state index contributed by atoms with van der Waals surface area (Å²) in [5.74, 6) is 0.0437. The normalized spacial score (nSPS) is 16.7. The van der Waals surface area contributed by atoms with E-state index in [1.54, 1.807) is 6.07 Å². The molecule has 3 heterocycles. The van der Waals surface area contributed by atoms with Crippen LogP contribution < -0.4 is 5.63 Å². The van der Waals surface area contributed by atoms with Gasteiger partial charge in [-0.3, -0.25) is 9.69 Å². The van der Waals surface area contributed by atoms with Crippen molar-refractivity contribution in [3.63, 3.8) is 0 Å². The van der Waals surface area contributed by atoms with Gasteiger partial charge in [0.25, 0.3) is 5.91 Å². The Kier molecular flexibility index (Phi) is 4.61. The van der Waals surface area contributed by atoms with Crippen molar-refractivity contribution < 1.29 is 9.21 Å². The molecule has 0 radical (unpaired) electrons. The number of para-hydroxylation sites is 1. The number of carbonyl (C=O) groups excluding carboxylic acids is 1. The molecule has 2 aromatic carbocycles. The molecule has 6 heteroatoms. The van der Waals surface area contributed by atoms with Gasteiger partial charge in [0.1, 0.15) is 11.3 Å². The molecule has 0 spiro atoms. The first kappa shape index (κ1) is 19.3. The second kappa shape index (κ2) is 7.64. The van der Waals surface area contributed by atoms with E-state index in [1.165, 1.54) is 11.1 Å². The lowest BCUT2D eigenvalue weighted by molar-refractivity contribution is 0.0624. The molecule has 2 aromatic heterocycles. The number of nitrogens with one attached hydrogen (secondary N) is 1. The van der Waals surface area contributed by atoms with Crippen LogP contribution in [0, 0.1) is 0 Å². The molecule has 32 heavy (non-hydrogen) atoms. The van der Waals surface area contributed by atoms with E-state index in [9.17, 15) is 9.59 Å². The van der Waals surface area contributed by atoms with E-state index < -0.39 is 0 Å². The first-order valence-electron chi connectivity index (χ1n) is 11.3. The number of nitrogens with zero attached hydrogens (tertiary/aromatic N) is 2. The topological polar surface area (TPSA) is 69.6 Å². The summed E-state index contributed by atoms with van der Waals surface area (Å²) in [5.41, 5.74) is 5.72. The van der Waals surface area contributed by atoms with Gasteiger partial charge in [0.2, 0.25) is 0 Å². The van der Waals surface area contributed by atoms with Gasteiger partial charge < -0.3 is 14.3 Å². The molecular weight excluding hydrogens is 402 g/mol. The summed E-state index contributed by atoms with van der Waals surface area (Å²) >= 11 is 0. The Morgan fingerprint density at radius 2 is 1.75 bits per heavy atom. The third-order valence-corrected chi connectivity index (χ3v) is 6.86. The third-order valence-electron chi connectivity index (χ3n) is 6.86. The minimum atomic E-state index is -0.293. The lowest BCUT2D eigenvalue weighted by Crippen LogP contribution is -2.48. The second-order valence-corrected chi connectivity index (χ2v) is 8.90. The van der Waals surface area contributed by atoms with Crippen molar-refractivity contribution in [1.82, 2.24) is 14.8 Å². The molecule has 6 nitrogen and oxygen atoms in total. The number of carbonyl (C=O) groups is 1. The number of aromatic amines is 1. The zero-order valence-electron chi connectivity index (χ0n) is 17.9. The van der Waals surface area contributed by atoms with Gasteiger partial charge in [-0.2, -0.15) is 0 Å². The Morgan fingerprint density at radius 3 is 2.56 bits per heavy atom. The van der Waals surface area contributed by atoms with Gasteiger partial charge in [-0.1, -0.05) is 18.2 Å². The van der Waals surface area contributed by atoms with E-state index >= 15 is 0 Å². The molecule has 0 atom stereocenters. The van der Waals surface area contributed by atoms with E-state index in [4.69, 9.17) is 4.42 Å². The smallest absolute Gasteiger partial charge is 0.336 e. The molecule has 6 rings (SSSR count). The van der Waals surface area contributed by atoms with Crippen LogP contribution in [0.3, 0.4) is 0 Å². The maximum atomic E-state index is 13.0. The molecule has 1 fully saturated rings. The van der Waals surface area contributed by atoms with E-state index in [1.807, 2.05) is 35.2 Å². The van der Waals surface area contributed by atoms with Crippen LogP contribution in [0.15, 0.2) is 57.7 Å². The van der Waals surface area contributed by atoms with Crippen LogP contribution in [-0.4, -0.2) is 46.9 Å². The fraction of sp³-hybridized carbons (Fsp3) is 0.308. The predicted molar refractivity (Wildman–Crippen MR) is 124 cm³/mol. The highest BCUT2D eigenvalue weighted by molar-refractivity contribution is 5.98. The summed E-state index contributed by atoms with van der Waals surface area (Å²) in [6.07, 6.45) is 3.32. The highest BCUT2D eigenvalue weighted by Crippen LogP contribution is 2.29. The predicted octanol–water partition coefficient (Wildman–Crippen LogP) is 3.72. The van der Waals surface area contributed by atoms with E-state index in [0.29, 0.717) is 30.9 Å². The molecule has 1 aliphatic heterocycles. The van der Waals surface area contributed by atoms with Crippen LogP contribution in [0.1, 0.15) is 33.6 Å². The first-order valence-corrected chi connectivity index (χ1v) is 11.3. The summed E-state index contributed by atoms with van der Waals surface area (Å²) in [5, 5.41) is 2.09. The first-order chi connectivity index (χ1) is 15.6. The van der Waals surface area contributed by atoms with E-state index in [-0.39, 0.29) is 11.5 Å². The Hall–Kier alpha value is -3.38. The number of rotatable bonds is 3. The Labute approximate surface area is 185 Å². The second-order valence-electron chi connectivity index (χ2n) is 8.90. The summed E-state index contributed by atoms with van der Waals surface area (Å²) in [6, 6.07) is 15.8. The molecule has 0 saturated carbocycles. The summed E-state index contributed by atoms with van der Waals surface area (Å²) in [6.45, 7) is 3.58. The van der Waals surface area contributed by atoms with Gasteiger partial charge in [0.15, 0.2) is 0 Å². The molecule has 1 amide bonds. The molecule has 2 aliphatic rings. The van der Waals surface area contributed by atoms with Crippen LogP contribution >= 0.6 is 0 Å². The zero-order valence-corrected chi connectivity index (χ0v) is 17.9. The lowest BCUT2D eigenvalue weighted by atomic mass is 10.0. The molecule has 1 saturated heterocycles. The van der Waals surface area contributed by atoms with Crippen molar-refractivity contribution in [2.45, 2.75) is 25.8 Å². The Morgan fingerprint density at radius 1 is 0.969 bits per heavy atom. The van der Waals surface area contributed by atoms with Crippen LogP contribution in [0.2, 0.25) is 0 Å². The van der Waals surface area contributed by atoms with Gasteiger partial charge in [0.05, 0.1) is 0 Å². The fourth-order valence-corrected chi connectivity index (χ4v) is 5.13. The number of fused-ring (bicyclic) bond motifs is 3. The van der Waals surface area contributed by atoms with Crippen LogP contribution in [0.5, 0.6) is 0 Å². The number of hydrogen-bond donors (Lipinski definition) is 1. The number of amides is 1. The molecule has 0 bridgehead atoms. The summed E-state index contributed by atoms with van der Waals surface area (Å²) < 4.78 is 5.51. The van der Waals surface area contributed by atoms with Crippen LogP contribution in [-0.2, 0) is 19.4 Å². The molecule has 0 unspecified atom stereocenters. The van der Waals surface area contributed by atoms with Gasteiger partial charge in [-0.25, -0.2) is 4.79 Å². The monoisotopic (exact) mass is 427 g/mol. The molecule has 162 valence electrons. The quantitative estimate of drug-likeness (QED) is 0.506. The minimum Gasteiger partial charge on any atom is -0.423 e. The van der Waals surface area contributed by atoms with Gasteiger partial charge in [-0.15, -0.1) is 0 Å². The number of aromatic nitrogens is 1. The SMILES string of the molecule is O=C(c1cc2ccccc2[nH]1)N1CCN(Cc2cc(=O)oc3cc4c(cc23)CCC4)CC1. The third kappa shape index (κ3) is 3.41. The van der Waals surface area contributed by atoms with Gasteiger partial charge >= 0.3 is 5.63 Å². The highest BCUT2D eigenvalue weighted by atomic mass is 16.4. The zero-order chi connectivity index (χ0) is 21.7. The van der Waals surface area contributed by atoms with E-state index in [2.05, 4.69) is 22.0 Å². The van der Waals surface area contributed by atoms with Gasteiger partial charge in [-0.05, 0) is 60.2 Å². The lowest BCUT2D eigenvalue weighted by Gasteiger charge is -2.34. The Balaban J connectivity index is 1.18. The van der Waals surface area contributed by atoms with Crippen molar-refractivity contribution >= 4 is 27.8 Å². The molecule has 1 N–H and O–H groups in total. The fourth-order valence-electron chi connectivity index (χ4n) is 5.13. The standard InChI is InChI=1S/C26H25N3O3/c30-25-15-20(21-12-17-5-3-6-18(17)14-24(21)32-25)16-28-8-10-29(11-9-28)26(31)23-13-19-4-1-2-7-22(19)27-23/h1-2,4,7,12-15,27H,3,5-6,8-11,16H2. The number of aryl methyl sites for hydroxylation is 2. The number of piperazine rings is 1. The van der Waals surface area contributed by atoms with Gasteiger partial charge in [0, 0.05) is 55.1 Å². The number of H-pyrrole nitrogens is 1. The molecular formula is C26H25N3O3. The molecule has 1 aliphatic carbocycles. The Bertz CT molecular complexity index is 1360. The van der Waals surface area contributed by atoms with Crippen LogP contribution in [0.4, 0.5) is 0 Å². The van der Waals surface area contributed by atoms with E-state index in [0.717, 1.165) is 54.2 Å². The summed E-state index contributed by atoms with van der Waals surface area (Å²) in [7, 11) is 0. The maximum Gasteiger partial charge on any atom is 0.336 e. The van der Waals surface area contributed by atoms with Crippen molar-refractivity contribution in [2.75, 3.05) is 26.2 Å².